The van der Waals surface area contributed by atoms with Gasteiger partial charge in [-0.1, -0.05) is 6.92 Å². The standard InChI is InChI=1S/C12H15BrN4O/c1-3-9-12(13)10(17(4-2)15-9)7-16-8-14-6-5-11(16)18/h5-6,8H,3-4,7H2,1-2H3. The maximum absolute atomic E-state index is 11.7. The molecule has 2 aromatic heterocycles. The van der Waals surface area contributed by atoms with E-state index in [1.807, 2.05) is 11.6 Å². The molecule has 0 unspecified atom stereocenters. The van der Waals surface area contributed by atoms with Crippen LogP contribution in [0.4, 0.5) is 0 Å². The Morgan fingerprint density at radius 3 is 2.78 bits per heavy atom. The molecule has 0 spiro atoms. The van der Waals surface area contributed by atoms with Gasteiger partial charge in [0.25, 0.3) is 5.56 Å². The summed E-state index contributed by atoms with van der Waals surface area (Å²) < 4.78 is 4.48. The molecule has 0 saturated heterocycles. The van der Waals surface area contributed by atoms with Crippen molar-refractivity contribution in [3.8, 4) is 0 Å². The van der Waals surface area contributed by atoms with Crippen LogP contribution in [-0.2, 0) is 19.5 Å². The van der Waals surface area contributed by atoms with Gasteiger partial charge in [-0.25, -0.2) is 4.98 Å². The fraction of sp³-hybridized carbons (Fsp3) is 0.417. The molecule has 0 bridgehead atoms. The average molecular weight is 311 g/mol. The fourth-order valence-corrected chi connectivity index (χ4v) is 2.52. The van der Waals surface area contributed by atoms with Crippen molar-refractivity contribution in [2.45, 2.75) is 33.4 Å². The first-order valence-electron chi connectivity index (χ1n) is 5.91. The van der Waals surface area contributed by atoms with E-state index in [1.54, 1.807) is 10.9 Å². The van der Waals surface area contributed by atoms with Crippen LogP contribution < -0.4 is 5.56 Å². The van der Waals surface area contributed by atoms with Gasteiger partial charge >= 0.3 is 0 Å². The molecule has 6 heteroatoms. The highest BCUT2D eigenvalue weighted by Gasteiger charge is 2.14. The molecule has 0 aromatic carbocycles. The number of hydrogen-bond acceptors (Lipinski definition) is 3. The Labute approximate surface area is 114 Å². The summed E-state index contributed by atoms with van der Waals surface area (Å²) in [5.41, 5.74) is 1.96. The highest BCUT2D eigenvalue weighted by molar-refractivity contribution is 9.10. The molecular formula is C12H15BrN4O. The Morgan fingerprint density at radius 1 is 1.39 bits per heavy atom. The van der Waals surface area contributed by atoms with Crippen molar-refractivity contribution in [3.63, 3.8) is 0 Å². The van der Waals surface area contributed by atoms with Gasteiger partial charge in [-0.15, -0.1) is 0 Å². The van der Waals surface area contributed by atoms with Gasteiger partial charge < -0.3 is 0 Å². The van der Waals surface area contributed by atoms with Crippen LogP contribution in [0.2, 0.25) is 0 Å². The lowest BCUT2D eigenvalue weighted by Gasteiger charge is -2.07. The largest absolute Gasteiger partial charge is 0.293 e. The van der Waals surface area contributed by atoms with Gasteiger partial charge in [-0.2, -0.15) is 5.10 Å². The minimum atomic E-state index is -0.0567. The van der Waals surface area contributed by atoms with Crippen molar-refractivity contribution in [2.75, 3.05) is 0 Å². The molecule has 0 fully saturated rings. The van der Waals surface area contributed by atoms with Crippen LogP contribution in [0.5, 0.6) is 0 Å². The minimum Gasteiger partial charge on any atom is -0.293 e. The van der Waals surface area contributed by atoms with Crippen LogP contribution in [0.25, 0.3) is 0 Å². The molecule has 2 aromatic rings. The fourth-order valence-electron chi connectivity index (χ4n) is 1.83. The van der Waals surface area contributed by atoms with Crippen LogP contribution in [0, 0.1) is 0 Å². The van der Waals surface area contributed by atoms with Crippen molar-refractivity contribution >= 4 is 15.9 Å². The molecule has 2 heterocycles. The number of hydrogen-bond donors (Lipinski definition) is 0. The Balaban J connectivity index is 2.43. The molecule has 18 heavy (non-hydrogen) atoms. The SMILES string of the molecule is CCc1nn(CC)c(Cn2cnccc2=O)c1Br. The monoisotopic (exact) mass is 310 g/mol. The second-order valence-electron chi connectivity index (χ2n) is 3.92. The molecule has 0 aliphatic rings. The second-order valence-corrected chi connectivity index (χ2v) is 4.72. The molecule has 0 radical (unpaired) electrons. The van der Waals surface area contributed by atoms with E-state index < -0.39 is 0 Å². The number of aromatic nitrogens is 4. The van der Waals surface area contributed by atoms with Gasteiger partial charge in [-0.05, 0) is 29.3 Å². The van der Waals surface area contributed by atoms with Crippen LogP contribution in [0.3, 0.4) is 0 Å². The summed E-state index contributed by atoms with van der Waals surface area (Å²) in [6.45, 7) is 5.36. The number of rotatable bonds is 4. The zero-order chi connectivity index (χ0) is 13.1. The molecule has 2 rings (SSSR count). The summed E-state index contributed by atoms with van der Waals surface area (Å²) in [5, 5.41) is 4.51. The van der Waals surface area contributed by atoms with Gasteiger partial charge in [-0.3, -0.25) is 14.0 Å². The summed E-state index contributed by atoms with van der Waals surface area (Å²) >= 11 is 3.57. The summed E-state index contributed by atoms with van der Waals surface area (Å²) in [6.07, 6.45) is 3.92. The van der Waals surface area contributed by atoms with Crippen molar-refractivity contribution in [1.29, 1.82) is 0 Å². The average Bonchev–Trinajstić information content (AvgIpc) is 2.69. The highest BCUT2D eigenvalue weighted by Crippen LogP contribution is 2.22. The van der Waals surface area contributed by atoms with Crippen molar-refractivity contribution < 1.29 is 0 Å². The van der Waals surface area contributed by atoms with Gasteiger partial charge in [0, 0.05) is 18.8 Å². The zero-order valence-electron chi connectivity index (χ0n) is 10.4. The third-order valence-corrected chi connectivity index (χ3v) is 3.72. The minimum absolute atomic E-state index is 0.0567. The van der Waals surface area contributed by atoms with Gasteiger partial charge in [0.1, 0.15) is 0 Å². The number of halogens is 1. The van der Waals surface area contributed by atoms with Gasteiger partial charge in [0.05, 0.1) is 28.7 Å². The smallest absolute Gasteiger partial charge is 0.253 e. The van der Waals surface area contributed by atoms with Crippen molar-refractivity contribution in [3.05, 3.63) is 44.8 Å². The predicted molar refractivity (Wildman–Crippen MR) is 72.6 cm³/mol. The lowest BCUT2D eigenvalue weighted by atomic mass is 10.3. The van der Waals surface area contributed by atoms with Gasteiger partial charge in [0.2, 0.25) is 0 Å². The van der Waals surface area contributed by atoms with E-state index >= 15 is 0 Å². The van der Waals surface area contributed by atoms with E-state index in [2.05, 4.69) is 32.9 Å². The van der Waals surface area contributed by atoms with Crippen LogP contribution >= 0.6 is 15.9 Å². The topological polar surface area (TPSA) is 52.7 Å². The number of nitrogens with zero attached hydrogens (tertiary/aromatic N) is 4. The Morgan fingerprint density at radius 2 is 2.17 bits per heavy atom. The molecule has 0 aliphatic carbocycles. The van der Waals surface area contributed by atoms with E-state index in [0.29, 0.717) is 6.54 Å². The first-order chi connectivity index (χ1) is 8.67. The van der Waals surface area contributed by atoms with E-state index in [9.17, 15) is 4.79 Å². The molecule has 0 aliphatic heterocycles. The summed E-state index contributed by atoms with van der Waals surface area (Å²) in [6, 6.07) is 1.46. The first-order valence-corrected chi connectivity index (χ1v) is 6.71. The first kappa shape index (κ1) is 13.0. The van der Waals surface area contributed by atoms with E-state index in [-0.39, 0.29) is 5.56 Å². The summed E-state index contributed by atoms with van der Waals surface area (Å²) in [5.74, 6) is 0. The molecule has 0 atom stereocenters. The quantitative estimate of drug-likeness (QED) is 0.865. The Kier molecular flexibility index (Phi) is 3.96. The second kappa shape index (κ2) is 5.48. The van der Waals surface area contributed by atoms with Crippen molar-refractivity contribution in [1.82, 2.24) is 19.3 Å². The molecule has 0 N–H and O–H groups in total. The number of aryl methyl sites for hydroxylation is 2. The van der Waals surface area contributed by atoms with Gasteiger partial charge in [0.15, 0.2) is 0 Å². The van der Waals surface area contributed by atoms with Crippen LogP contribution in [0.15, 0.2) is 27.9 Å². The maximum atomic E-state index is 11.7. The van der Waals surface area contributed by atoms with E-state index in [4.69, 9.17) is 0 Å². The predicted octanol–water partition coefficient (Wildman–Crippen LogP) is 1.83. The summed E-state index contributed by atoms with van der Waals surface area (Å²) in [4.78, 5) is 15.7. The third-order valence-electron chi connectivity index (χ3n) is 2.81. The van der Waals surface area contributed by atoms with Crippen LogP contribution in [-0.4, -0.2) is 19.3 Å². The molecular weight excluding hydrogens is 296 g/mol. The summed E-state index contributed by atoms with van der Waals surface area (Å²) in [7, 11) is 0. The van der Waals surface area contributed by atoms with Crippen molar-refractivity contribution in [2.24, 2.45) is 0 Å². The van der Waals surface area contributed by atoms with E-state index in [0.717, 1.165) is 28.8 Å². The highest BCUT2D eigenvalue weighted by atomic mass is 79.9. The zero-order valence-corrected chi connectivity index (χ0v) is 12.0. The normalized spacial score (nSPS) is 10.8. The van der Waals surface area contributed by atoms with E-state index in [1.165, 1.54) is 12.3 Å². The third kappa shape index (κ3) is 2.38. The molecule has 5 nitrogen and oxygen atoms in total. The molecule has 0 saturated carbocycles. The lowest BCUT2D eigenvalue weighted by Crippen LogP contribution is -2.21. The molecule has 0 amide bonds. The molecule has 96 valence electrons. The Bertz CT molecular complexity index is 602. The lowest BCUT2D eigenvalue weighted by molar-refractivity contribution is 0.585. The maximum Gasteiger partial charge on any atom is 0.253 e. The Hall–Kier alpha value is -1.43. The van der Waals surface area contributed by atoms with Crippen LogP contribution in [0.1, 0.15) is 25.2 Å².